The number of hydrogen-bond donors (Lipinski definition) is 2. The summed E-state index contributed by atoms with van der Waals surface area (Å²) in [4.78, 5) is 27.5. The maximum Gasteiger partial charge on any atom is 0.270 e. The smallest absolute Gasteiger partial charge is 0.270 e. The number of nitrogens with zero attached hydrogens (tertiary/aromatic N) is 5. The van der Waals surface area contributed by atoms with Crippen molar-refractivity contribution >= 4 is 62.9 Å². The Morgan fingerprint density at radius 3 is 2.45 bits per heavy atom. The highest BCUT2D eigenvalue weighted by molar-refractivity contribution is 7.80. The minimum atomic E-state index is -0.555. The molecule has 1 fully saturated rings. The molecule has 11 nitrogen and oxygen atoms in total. The lowest BCUT2D eigenvalue weighted by Gasteiger charge is -2.30. The van der Waals surface area contributed by atoms with Gasteiger partial charge in [0.1, 0.15) is 11.0 Å². The van der Waals surface area contributed by atoms with E-state index >= 15 is 0 Å². The number of fused-ring (bicyclic) bond motifs is 1. The molecule has 1 aromatic heterocycles. The average Bonchev–Trinajstić information content (AvgIpc) is 3.32. The van der Waals surface area contributed by atoms with Gasteiger partial charge in [-0.25, -0.2) is 0 Å². The molecule has 0 bridgehead atoms. The largest absolute Gasteiger partial charge is 0.378 e. The van der Waals surface area contributed by atoms with Gasteiger partial charge in [0.05, 0.1) is 35.1 Å². The first-order valence-electron chi connectivity index (χ1n) is 11.7. The van der Waals surface area contributed by atoms with E-state index in [1.54, 1.807) is 24.3 Å². The lowest BCUT2D eigenvalue weighted by molar-refractivity contribution is -0.384. The van der Waals surface area contributed by atoms with E-state index in [-0.39, 0.29) is 16.4 Å². The molecule has 1 aliphatic heterocycles. The number of carbonyl (C=O) groups excluding carboxylic acids is 1. The predicted octanol–water partition coefficient (Wildman–Crippen LogP) is 4.25. The van der Waals surface area contributed by atoms with Crippen LogP contribution in [0.2, 0.25) is 5.02 Å². The molecular formula is C25H22ClN7O4S. The summed E-state index contributed by atoms with van der Waals surface area (Å²) >= 11 is 11.4. The van der Waals surface area contributed by atoms with Crippen LogP contribution in [0.4, 0.5) is 17.1 Å². The minimum absolute atomic E-state index is 0.0435. The number of ether oxygens (including phenoxy) is 1. The van der Waals surface area contributed by atoms with E-state index < -0.39 is 10.8 Å². The quantitative estimate of drug-likeness (QED) is 0.212. The Kier molecular flexibility index (Phi) is 7.18. The Hall–Kier alpha value is -4.13. The number of amides is 1. The monoisotopic (exact) mass is 551 g/mol. The number of nitro groups is 1. The van der Waals surface area contributed by atoms with E-state index in [0.29, 0.717) is 53.7 Å². The third kappa shape index (κ3) is 5.42. The minimum Gasteiger partial charge on any atom is -0.378 e. The van der Waals surface area contributed by atoms with Crippen molar-refractivity contribution < 1.29 is 14.5 Å². The van der Waals surface area contributed by atoms with Crippen LogP contribution < -0.4 is 15.5 Å². The molecule has 4 aromatic rings. The summed E-state index contributed by atoms with van der Waals surface area (Å²) in [5.74, 6) is -0.555. The van der Waals surface area contributed by atoms with Crippen LogP contribution in [-0.4, -0.2) is 57.2 Å². The Bertz CT molecular complexity index is 1550. The van der Waals surface area contributed by atoms with E-state index in [1.807, 2.05) is 30.0 Å². The van der Waals surface area contributed by atoms with Crippen LogP contribution >= 0.6 is 23.8 Å². The molecule has 38 heavy (non-hydrogen) atoms. The predicted molar refractivity (Wildman–Crippen MR) is 148 cm³/mol. The molecule has 0 radical (unpaired) electrons. The first kappa shape index (κ1) is 25.5. The van der Waals surface area contributed by atoms with E-state index in [9.17, 15) is 14.9 Å². The molecule has 1 amide bonds. The van der Waals surface area contributed by atoms with Crippen molar-refractivity contribution in [1.29, 1.82) is 0 Å². The molecule has 1 saturated heterocycles. The van der Waals surface area contributed by atoms with Crippen molar-refractivity contribution in [2.75, 3.05) is 36.5 Å². The lowest BCUT2D eigenvalue weighted by Crippen LogP contribution is -2.39. The number of anilines is 2. The summed E-state index contributed by atoms with van der Waals surface area (Å²) < 4.78 is 5.39. The van der Waals surface area contributed by atoms with Gasteiger partial charge in [-0.2, -0.15) is 4.80 Å². The van der Waals surface area contributed by atoms with Gasteiger partial charge in [-0.1, -0.05) is 11.6 Å². The van der Waals surface area contributed by atoms with E-state index in [1.165, 1.54) is 16.9 Å². The Morgan fingerprint density at radius 2 is 1.76 bits per heavy atom. The van der Waals surface area contributed by atoms with Crippen LogP contribution in [-0.2, 0) is 4.74 Å². The van der Waals surface area contributed by atoms with Gasteiger partial charge in [0, 0.05) is 35.9 Å². The standard InChI is InChI=1S/C25H22ClN7O4S/c1-15-12-21-22(30-32(29-21)17-4-2-16(26)3-5-17)14-20(15)27-25(38)28-24(34)19-13-18(33(35)36)6-7-23(19)31-8-10-37-11-9-31/h2-7,12-14H,8-11H2,1H3,(H2,27,28,34,38). The Labute approximate surface area is 227 Å². The fourth-order valence-corrected chi connectivity index (χ4v) is 4.44. The molecule has 194 valence electrons. The summed E-state index contributed by atoms with van der Waals surface area (Å²) in [5.41, 5.74) is 4.09. The number of carbonyl (C=O) groups is 1. The van der Waals surface area contributed by atoms with Crippen LogP contribution in [0.1, 0.15) is 15.9 Å². The SMILES string of the molecule is Cc1cc2nn(-c3ccc(Cl)cc3)nc2cc1NC(=S)NC(=O)c1cc([N+](=O)[O-])ccc1N1CCOCC1. The van der Waals surface area contributed by atoms with Crippen molar-refractivity contribution in [3.63, 3.8) is 0 Å². The number of nitrogens with one attached hydrogen (secondary N) is 2. The van der Waals surface area contributed by atoms with Crippen LogP contribution in [0.15, 0.2) is 54.6 Å². The fraction of sp³-hybridized carbons (Fsp3) is 0.200. The third-order valence-electron chi connectivity index (χ3n) is 6.05. The normalized spacial score (nSPS) is 13.4. The molecule has 1 aliphatic rings. The van der Waals surface area contributed by atoms with Gasteiger partial charge in [0.15, 0.2) is 5.11 Å². The lowest BCUT2D eigenvalue weighted by atomic mass is 10.1. The second-order valence-electron chi connectivity index (χ2n) is 8.59. The van der Waals surface area contributed by atoms with Crippen LogP contribution in [0, 0.1) is 17.0 Å². The second kappa shape index (κ2) is 10.7. The highest BCUT2D eigenvalue weighted by Crippen LogP contribution is 2.27. The zero-order chi connectivity index (χ0) is 26.8. The highest BCUT2D eigenvalue weighted by atomic mass is 35.5. The number of hydrogen-bond acceptors (Lipinski definition) is 8. The molecule has 0 saturated carbocycles. The zero-order valence-electron chi connectivity index (χ0n) is 20.2. The molecule has 0 spiro atoms. The molecular weight excluding hydrogens is 530 g/mol. The van der Waals surface area contributed by atoms with E-state index in [2.05, 4.69) is 20.8 Å². The topological polar surface area (TPSA) is 127 Å². The second-order valence-corrected chi connectivity index (χ2v) is 9.43. The summed E-state index contributed by atoms with van der Waals surface area (Å²) in [7, 11) is 0. The third-order valence-corrected chi connectivity index (χ3v) is 6.50. The van der Waals surface area contributed by atoms with Crippen molar-refractivity contribution in [3.8, 4) is 5.69 Å². The summed E-state index contributed by atoms with van der Waals surface area (Å²) in [5, 5.41) is 26.8. The van der Waals surface area contributed by atoms with Crippen LogP contribution in [0.25, 0.3) is 16.7 Å². The zero-order valence-corrected chi connectivity index (χ0v) is 21.8. The summed E-state index contributed by atoms with van der Waals surface area (Å²) in [6.07, 6.45) is 0. The van der Waals surface area contributed by atoms with Crippen molar-refractivity contribution in [2.24, 2.45) is 0 Å². The van der Waals surface area contributed by atoms with E-state index in [4.69, 9.17) is 28.6 Å². The maximum absolute atomic E-state index is 13.2. The Morgan fingerprint density at radius 1 is 1.08 bits per heavy atom. The van der Waals surface area contributed by atoms with Crippen LogP contribution in [0.3, 0.4) is 0 Å². The number of aromatic nitrogens is 3. The highest BCUT2D eigenvalue weighted by Gasteiger charge is 2.23. The maximum atomic E-state index is 13.2. The van der Waals surface area contributed by atoms with Gasteiger partial charge < -0.3 is 15.0 Å². The van der Waals surface area contributed by atoms with Gasteiger partial charge in [0.2, 0.25) is 0 Å². The molecule has 5 rings (SSSR count). The molecule has 0 unspecified atom stereocenters. The molecule has 13 heteroatoms. The number of non-ortho nitro benzene ring substituents is 1. The summed E-state index contributed by atoms with van der Waals surface area (Å²) in [6, 6.07) is 15.0. The molecule has 3 aromatic carbocycles. The van der Waals surface area contributed by atoms with Crippen LogP contribution in [0.5, 0.6) is 0 Å². The fourth-order valence-electron chi connectivity index (χ4n) is 4.12. The molecule has 0 aliphatic carbocycles. The average molecular weight is 552 g/mol. The first-order valence-corrected chi connectivity index (χ1v) is 12.4. The number of benzene rings is 3. The van der Waals surface area contributed by atoms with Crippen molar-refractivity contribution in [3.05, 3.63) is 80.9 Å². The number of halogens is 1. The molecule has 2 N–H and O–H groups in total. The van der Waals surface area contributed by atoms with Gasteiger partial charge in [-0.15, -0.1) is 10.2 Å². The molecule has 2 heterocycles. The number of rotatable bonds is 5. The number of morpholine rings is 1. The van der Waals surface area contributed by atoms with Gasteiger partial charge in [0.25, 0.3) is 11.6 Å². The van der Waals surface area contributed by atoms with Gasteiger partial charge in [-0.3, -0.25) is 20.2 Å². The number of aryl methyl sites for hydroxylation is 1. The van der Waals surface area contributed by atoms with Gasteiger partial charge >= 0.3 is 0 Å². The summed E-state index contributed by atoms with van der Waals surface area (Å²) in [6.45, 7) is 4.02. The first-order chi connectivity index (χ1) is 18.3. The number of nitro benzene ring substituents is 1. The Balaban J connectivity index is 1.36. The van der Waals surface area contributed by atoms with E-state index in [0.717, 1.165) is 11.3 Å². The molecule has 0 atom stereocenters. The van der Waals surface area contributed by atoms with Crippen molar-refractivity contribution in [1.82, 2.24) is 20.3 Å². The van der Waals surface area contributed by atoms with Crippen molar-refractivity contribution in [2.45, 2.75) is 6.92 Å². The van der Waals surface area contributed by atoms with Gasteiger partial charge in [-0.05, 0) is 67.2 Å². The number of thiocarbonyl (C=S) groups is 1.